The van der Waals surface area contributed by atoms with Crippen LogP contribution in [0.4, 0.5) is 4.39 Å². The van der Waals surface area contributed by atoms with Gasteiger partial charge in [0.1, 0.15) is 5.82 Å². The molecule has 2 aromatic rings. The number of hydrogen-bond acceptors (Lipinski definition) is 2. The fourth-order valence-corrected chi connectivity index (χ4v) is 2.73. The second-order valence-electron chi connectivity index (χ2n) is 3.59. The van der Waals surface area contributed by atoms with Crippen molar-refractivity contribution in [2.75, 3.05) is 0 Å². The van der Waals surface area contributed by atoms with Crippen LogP contribution in [-0.2, 0) is 0 Å². The lowest BCUT2D eigenvalue weighted by Crippen LogP contribution is -2.13. The molecule has 0 aliphatic carbocycles. The molecule has 1 unspecified atom stereocenters. The number of nitrogens with two attached hydrogens (primary N) is 1. The number of rotatable bonds is 2. The molecule has 1 aromatic carbocycles. The summed E-state index contributed by atoms with van der Waals surface area (Å²) < 4.78 is 13.8. The lowest BCUT2D eigenvalue weighted by atomic mass is 10.0. The number of aryl methyl sites for hydroxylation is 1. The van der Waals surface area contributed by atoms with Gasteiger partial charge in [-0.2, -0.15) is 0 Å². The molecule has 0 amide bonds. The molecule has 0 fully saturated rings. The molecule has 84 valence electrons. The predicted octanol–water partition coefficient (Wildman–Crippen LogP) is 3.90. The van der Waals surface area contributed by atoms with Crippen LogP contribution in [0, 0.1) is 12.7 Å². The van der Waals surface area contributed by atoms with E-state index in [1.54, 1.807) is 12.1 Å². The molecule has 0 radical (unpaired) electrons. The van der Waals surface area contributed by atoms with Crippen molar-refractivity contribution >= 4 is 22.9 Å². The van der Waals surface area contributed by atoms with Gasteiger partial charge in [-0.3, -0.25) is 0 Å². The molecule has 0 bridgehead atoms. The summed E-state index contributed by atoms with van der Waals surface area (Å²) in [5.74, 6) is -0.426. The van der Waals surface area contributed by atoms with Crippen LogP contribution in [0.15, 0.2) is 29.6 Å². The molecule has 0 saturated heterocycles. The van der Waals surface area contributed by atoms with E-state index in [0.717, 1.165) is 10.4 Å². The first-order chi connectivity index (χ1) is 7.61. The van der Waals surface area contributed by atoms with E-state index in [-0.39, 0.29) is 5.02 Å². The largest absolute Gasteiger partial charge is 0.320 e. The predicted molar refractivity (Wildman–Crippen MR) is 66.5 cm³/mol. The smallest absolute Gasteiger partial charge is 0.146 e. The monoisotopic (exact) mass is 255 g/mol. The summed E-state index contributed by atoms with van der Waals surface area (Å²) >= 11 is 7.26. The fourth-order valence-electron chi connectivity index (χ4n) is 1.60. The Kier molecular flexibility index (Phi) is 3.28. The quantitative estimate of drug-likeness (QED) is 0.866. The van der Waals surface area contributed by atoms with Crippen LogP contribution >= 0.6 is 22.9 Å². The van der Waals surface area contributed by atoms with Crippen molar-refractivity contribution in [3.05, 3.63) is 56.5 Å². The highest BCUT2D eigenvalue weighted by Crippen LogP contribution is 2.30. The van der Waals surface area contributed by atoms with E-state index >= 15 is 0 Å². The Bertz CT molecular complexity index is 509. The fraction of sp³-hybridized carbons (Fsp3) is 0.167. The first-order valence-corrected chi connectivity index (χ1v) is 6.10. The molecule has 1 atom stereocenters. The van der Waals surface area contributed by atoms with Crippen molar-refractivity contribution in [2.45, 2.75) is 13.0 Å². The second-order valence-corrected chi connectivity index (χ2v) is 4.94. The number of thiophene rings is 1. The van der Waals surface area contributed by atoms with Gasteiger partial charge in [-0.15, -0.1) is 11.3 Å². The highest BCUT2D eigenvalue weighted by molar-refractivity contribution is 7.10. The first kappa shape index (κ1) is 11.6. The van der Waals surface area contributed by atoms with Crippen LogP contribution in [0.3, 0.4) is 0 Å². The lowest BCUT2D eigenvalue weighted by molar-refractivity contribution is 0.601. The first-order valence-electron chi connectivity index (χ1n) is 4.84. The van der Waals surface area contributed by atoms with Gasteiger partial charge in [0.05, 0.1) is 11.1 Å². The van der Waals surface area contributed by atoms with Crippen LogP contribution in [-0.4, -0.2) is 0 Å². The topological polar surface area (TPSA) is 26.0 Å². The molecular weight excluding hydrogens is 245 g/mol. The maximum Gasteiger partial charge on any atom is 0.146 e. The Morgan fingerprint density at radius 1 is 1.38 bits per heavy atom. The van der Waals surface area contributed by atoms with E-state index < -0.39 is 11.9 Å². The third-order valence-corrected chi connectivity index (χ3v) is 3.89. The molecule has 4 heteroatoms. The molecule has 2 rings (SSSR count). The zero-order valence-corrected chi connectivity index (χ0v) is 10.3. The minimum atomic E-state index is -0.446. The van der Waals surface area contributed by atoms with Crippen LogP contribution in [0.2, 0.25) is 5.02 Å². The molecule has 0 spiro atoms. The molecule has 0 aliphatic rings. The van der Waals surface area contributed by atoms with E-state index in [4.69, 9.17) is 17.3 Å². The maximum absolute atomic E-state index is 13.8. The molecule has 16 heavy (non-hydrogen) atoms. The van der Waals surface area contributed by atoms with E-state index in [9.17, 15) is 4.39 Å². The standard InChI is InChI=1S/C12H11ClFNS/c1-7-5-6-16-12(7)11(15)8-3-2-4-9(13)10(8)14/h2-6,11H,15H2,1H3. The molecule has 1 aromatic heterocycles. The van der Waals surface area contributed by atoms with Crippen molar-refractivity contribution in [3.63, 3.8) is 0 Å². The Morgan fingerprint density at radius 3 is 2.75 bits per heavy atom. The van der Waals surface area contributed by atoms with E-state index in [2.05, 4.69) is 0 Å². The van der Waals surface area contributed by atoms with Crippen molar-refractivity contribution in [1.82, 2.24) is 0 Å². The molecule has 0 aliphatic heterocycles. The Balaban J connectivity index is 2.46. The summed E-state index contributed by atoms with van der Waals surface area (Å²) in [5, 5.41) is 2.06. The lowest BCUT2D eigenvalue weighted by Gasteiger charge is -2.13. The minimum absolute atomic E-state index is 0.113. The maximum atomic E-state index is 13.8. The van der Waals surface area contributed by atoms with Gasteiger partial charge in [0.25, 0.3) is 0 Å². The average Bonchev–Trinajstić information content (AvgIpc) is 2.68. The molecular formula is C12H11ClFNS. The van der Waals surface area contributed by atoms with Crippen LogP contribution in [0.5, 0.6) is 0 Å². The molecule has 0 saturated carbocycles. The summed E-state index contributed by atoms with van der Waals surface area (Å²) in [6.45, 7) is 1.97. The van der Waals surface area contributed by atoms with Crippen LogP contribution in [0.1, 0.15) is 22.0 Å². The molecule has 2 N–H and O–H groups in total. The van der Waals surface area contributed by atoms with Gasteiger partial charge in [0.2, 0.25) is 0 Å². The van der Waals surface area contributed by atoms with Crippen molar-refractivity contribution in [3.8, 4) is 0 Å². The zero-order chi connectivity index (χ0) is 11.7. The van der Waals surface area contributed by atoms with Crippen molar-refractivity contribution in [1.29, 1.82) is 0 Å². The van der Waals surface area contributed by atoms with Gasteiger partial charge in [0, 0.05) is 10.4 Å². The Labute approximate surface area is 103 Å². The van der Waals surface area contributed by atoms with Crippen LogP contribution < -0.4 is 5.73 Å². The summed E-state index contributed by atoms with van der Waals surface area (Å²) in [6.07, 6.45) is 0. The Morgan fingerprint density at radius 2 is 2.12 bits per heavy atom. The third kappa shape index (κ3) is 1.98. The number of benzene rings is 1. The van der Waals surface area contributed by atoms with E-state index in [0.29, 0.717) is 5.56 Å². The highest BCUT2D eigenvalue weighted by atomic mass is 35.5. The summed E-state index contributed by atoms with van der Waals surface area (Å²) in [4.78, 5) is 0.973. The summed E-state index contributed by atoms with van der Waals surface area (Å²) in [5.41, 5.74) is 7.57. The van der Waals surface area contributed by atoms with Gasteiger partial charge in [0.15, 0.2) is 0 Å². The van der Waals surface area contributed by atoms with Gasteiger partial charge in [-0.05, 0) is 30.0 Å². The van der Waals surface area contributed by atoms with Gasteiger partial charge in [-0.1, -0.05) is 23.7 Å². The Hall–Kier alpha value is -0.900. The normalized spacial score (nSPS) is 12.8. The average molecular weight is 256 g/mol. The molecule has 1 nitrogen and oxygen atoms in total. The second kappa shape index (κ2) is 4.53. The van der Waals surface area contributed by atoms with E-state index in [1.807, 2.05) is 18.4 Å². The summed E-state index contributed by atoms with van der Waals surface area (Å²) in [7, 11) is 0. The minimum Gasteiger partial charge on any atom is -0.320 e. The number of halogens is 2. The van der Waals surface area contributed by atoms with Crippen molar-refractivity contribution < 1.29 is 4.39 Å². The third-order valence-electron chi connectivity index (χ3n) is 2.50. The van der Waals surface area contributed by atoms with Crippen LogP contribution in [0.25, 0.3) is 0 Å². The summed E-state index contributed by atoms with van der Waals surface area (Å²) in [6, 6.07) is 6.43. The van der Waals surface area contributed by atoms with Crippen molar-refractivity contribution in [2.24, 2.45) is 5.73 Å². The van der Waals surface area contributed by atoms with E-state index in [1.165, 1.54) is 17.4 Å². The van der Waals surface area contributed by atoms with Gasteiger partial charge in [-0.25, -0.2) is 4.39 Å². The SMILES string of the molecule is Cc1ccsc1C(N)c1cccc(Cl)c1F. The highest BCUT2D eigenvalue weighted by Gasteiger charge is 2.17. The zero-order valence-electron chi connectivity index (χ0n) is 8.71. The van der Waals surface area contributed by atoms with Gasteiger partial charge >= 0.3 is 0 Å². The molecule has 1 heterocycles. The number of hydrogen-bond donors (Lipinski definition) is 1. The van der Waals surface area contributed by atoms with Gasteiger partial charge < -0.3 is 5.73 Å².